The summed E-state index contributed by atoms with van der Waals surface area (Å²) in [6, 6.07) is 10.0. The molecule has 0 unspecified atom stereocenters. The molecule has 0 saturated carbocycles. The Labute approximate surface area is 144 Å². The number of nitrogens with zero attached hydrogens (tertiary/aromatic N) is 4. The van der Waals surface area contributed by atoms with Crippen LogP contribution in [-0.2, 0) is 4.74 Å². The number of esters is 1. The van der Waals surface area contributed by atoms with E-state index in [1.807, 2.05) is 23.1 Å². The van der Waals surface area contributed by atoms with Crippen LogP contribution >= 0.6 is 0 Å². The summed E-state index contributed by atoms with van der Waals surface area (Å²) in [7, 11) is 1.29. The third-order valence-corrected chi connectivity index (χ3v) is 4.19. The molecule has 1 aromatic carbocycles. The van der Waals surface area contributed by atoms with Crippen molar-refractivity contribution in [1.82, 2.24) is 4.98 Å². The van der Waals surface area contributed by atoms with Gasteiger partial charge in [0.15, 0.2) is 0 Å². The number of carbonyl (C=O) groups is 1. The quantitative estimate of drug-likeness (QED) is 0.477. The molecule has 25 heavy (non-hydrogen) atoms. The van der Waals surface area contributed by atoms with Crippen molar-refractivity contribution in [1.29, 1.82) is 0 Å². The molecular formula is C17H18N4O4. The zero-order valence-electron chi connectivity index (χ0n) is 13.8. The normalized spacial score (nSPS) is 14.3. The standard InChI is InChI=1S/C17H18N4O4/c1-25-17(22)13-5-6-14(21(23)24)15(12-13)19-8-10-20(11-9-19)16-4-2-3-7-18-16/h2-7,12H,8-11H2,1H3. The second-order valence-corrected chi connectivity index (χ2v) is 5.61. The molecule has 1 aliphatic heterocycles. The number of anilines is 2. The predicted octanol–water partition coefficient (Wildman–Crippen LogP) is 2.10. The van der Waals surface area contributed by atoms with Gasteiger partial charge in [-0.2, -0.15) is 0 Å². The molecule has 1 aromatic heterocycles. The molecular weight excluding hydrogens is 324 g/mol. The van der Waals surface area contributed by atoms with Crippen molar-refractivity contribution in [2.75, 3.05) is 43.1 Å². The van der Waals surface area contributed by atoms with Gasteiger partial charge < -0.3 is 14.5 Å². The van der Waals surface area contributed by atoms with Gasteiger partial charge in [-0.15, -0.1) is 0 Å². The Balaban J connectivity index is 1.82. The number of hydrogen-bond donors (Lipinski definition) is 0. The van der Waals surface area contributed by atoms with Gasteiger partial charge in [-0.25, -0.2) is 9.78 Å². The second kappa shape index (κ2) is 7.16. The minimum atomic E-state index is -0.511. The van der Waals surface area contributed by atoms with Gasteiger partial charge >= 0.3 is 5.97 Å². The fraction of sp³-hybridized carbons (Fsp3) is 0.294. The molecule has 3 rings (SSSR count). The molecule has 8 heteroatoms. The Morgan fingerprint density at radius 3 is 2.48 bits per heavy atom. The first-order chi connectivity index (χ1) is 12.1. The Morgan fingerprint density at radius 2 is 1.88 bits per heavy atom. The average Bonchev–Trinajstić information content (AvgIpc) is 2.67. The van der Waals surface area contributed by atoms with Gasteiger partial charge in [0.1, 0.15) is 11.5 Å². The van der Waals surface area contributed by atoms with Crippen LogP contribution in [0.2, 0.25) is 0 Å². The average molecular weight is 342 g/mol. The molecule has 0 N–H and O–H groups in total. The van der Waals surface area contributed by atoms with Crippen molar-refractivity contribution in [3.63, 3.8) is 0 Å². The molecule has 1 saturated heterocycles. The van der Waals surface area contributed by atoms with Gasteiger partial charge in [0.25, 0.3) is 5.69 Å². The highest BCUT2D eigenvalue weighted by atomic mass is 16.6. The molecule has 0 aliphatic carbocycles. The lowest BCUT2D eigenvalue weighted by molar-refractivity contribution is -0.384. The highest BCUT2D eigenvalue weighted by Gasteiger charge is 2.25. The summed E-state index contributed by atoms with van der Waals surface area (Å²) in [6.07, 6.45) is 1.74. The van der Waals surface area contributed by atoms with Crippen LogP contribution in [0.3, 0.4) is 0 Å². The molecule has 0 amide bonds. The number of aromatic nitrogens is 1. The summed E-state index contributed by atoms with van der Waals surface area (Å²) < 4.78 is 4.71. The smallest absolute Gasteiger partial charge is 0.337 e. The second-order valence-electron chi connectivity index (χ2n) is 5.61. The number of benzene rings is 1. The molecule has 1 aliphatic rings. The van der Waals surface area contributed by atoms with Crippen LogP contribution < -0.4 is 9.80 Å². The van der Waals surface area contributed by atoms with Crippen LogP contribution in [0.4, 0.5) is 17.2 Å². The van der Waals surface area contributed by atoms with Crippen molar-refractivity contribution in [3.05, 3.63) is 58.3 Å². The maximum absolute atomic E-state index is 11.7. The zero-order valence-corrected chi connectivity index (χ0v) is 13.8. The fourth-order valence-electron chi connectivity index (χ4n) is 2.89. The van der Waals surface area contributed by atoms with E-state index in [2.05, 4.69) is 9.88 Å². The summed E-state index contributed by atoms with van der Waals surface area (Å²) >= 11 is 0. The molecule has 0 radical (unpaired) electrons. The van der Waals surface area contributed by atoms with Gasteiger partial charge in [0, 0.05) is 38.4 Å². The highest BCUT2D eigenvalue weighted by Crippen LogP contribution is 2.30. The topological polar surface area (TPSA) is 88.8 Å². The molecule has 0 bridgehead atoms. The van der Waals surface area contributed by atoms with E-state index in [4.69, 9.17) is 4.74 Å². The number of rotatable bonds is 4. The number of nitro groups is 1. The van der Waals surface area contributed by atoms with Gasteiger partial charge in [0.05, 0.1) is 17.6 Å². The van der Waals surface area contributed by atoms with Crippen molar-refractivity contribution in [2.24, 2.45) is 0 Å². The van der Waals surface area contributed by atoms with Crippen molar-refractivity contribution >= 4 is 23.2 Å². The van der Waals surface area contributed by atoms with E-state index in [0.29, 0.717) is 37.4 Å². The molecule has 1 fully saturated rings. The number of nitro benzene ring substituents is 1. The highest BCUT2D eigenvalue weighted by molar-refractivity contribution is 5.91. The summed E-state index contributed by atoms with van der Waals surface area (Å²) in [5.41, 5.74) is 0.725. The SMILES string of the molecule is COC(=O)c1ccc([N+](=O)[O-])c(N2CCN(c3ccccn3)CC2)c1. The van der Waals surface area contributed by atoms with Crippen LogP contribution in [-0.4, -0.2) is 49.2 Å². The minimum Gasteiger partial charge on any atom is -0.465 e. The Bertz CT molecular complexity index is 773. The summed E-state index contributed by atoms with van der Waals surface area (Å²) in [5.74, 6) is 0.378. The number of pyridine rings is 1. The van der Waals surface area contributed by atoms with Gasteiger partial charge in [0.2, 0.25) is 0 Å². The van der Waals surface area contributed by atoms with E-state index in [9.17, 15) is 14.9 Å². The van der Waals surface area contributed by atoms with E-state index in [-0.39, 0.29) is 5.69 Å². The number of hydrogen-bond acceptors (Lipinski definition) is 7. The number of ether oxygens (including phenoxy) is 1. The molecule has 0 atom stereocenters. The van der Waals surface area contributed by atoms with Crippen LogP contribution in [0, 0.1) is 10.1 Å². The summed E-state index contributed by atoms with van der Waals surface area (Å²) in [4.78, 5) is 31.0. The van der Waals surface area contributed by atoms with E-state index in [0.717, 1.165) is 5.82 Å². The maximum Gasteiger partial charge on any atom is 0.337 e. The zero-order chi connectivity index (χ0) is 17.8. The predicted molar refractivity (Wildman–Crippen MR) is 93.1 cm³/mol. The molecule has 2 heterocycles. The number of carbonyl (C=O) groups excluding carboxylic acids is 1. The minimum absolute atomic E-state index is 0.0149. The van der Waals surface area contributed by atoms with Gasteiger partial charge in [-0.3, -0.25) is 10.1 Å². The third-order valence-electron chi connectivity index (χ3n) is 4.19. The maximum atomic E-state index is 11.7. The van der Waals surface area contributed by atoms with Crippen LogP contribution in [0.1, 0.15) is 10.4 Å². The van der Waals surface area contributed by atoms with Gasteiger partial charge in [-0.05, 0) is 24.3 Å². The Hall–Kier alpha value is -3.16. The number of piperazine rings is 1. The van der Waals surface area contributed by atoms with Crippen LogP contribution in [0.25, 0.3) is 0 Å². The lowest BCUT2D eigenvalue weighted by Crippen LogP contribution is -2.47. The number of methoxy groups -OCH3 is 1. The van der Waals surface area contributed by atoms with E-state index < -0.39 is 10.9 Å². The van der Waals surface area contributed by atoms with Gasteiger partial charge in [-0.1, -0.05) is 6.07 Å². The Kier molecular flexibility index (Phi) is 4.78. The fourth-order valence-corrected chi connectivity index (χ4v) is 2.89. The largest absolute Gasteiger partial charge is 0.465 e. The first-order valence-corrected chi connectivity index (χ1v) is 7.88. The lowest BCUT2D eigenvalue weighted by Gasteiger charge is -2.36. The molecule has 130 valence electrons. The van der Waals surface area contributed by atoms with Crippen LogP contribution in [0.15, 0.2) is 42.6 Å². The molecule has 0 spiro atoms. The summed E-state index contributed by atoms with van der Waals surface area (Å²) in [5, 5.41) is 11.3. The van der Waals surface area contributed by atoms with Crippen molar-refractivity contribution in [3.8, 4) is 0 Å². The van der Waals surface area contributed by atoms with E-state index >= 15 is 0 Å². The van der Waals surface area contributed by atoms with E-state index in [1.54, 1.807) is 6.20 Å². The Morgan fingerprint density at radius 1 is 1.16 bits per heavy atom. The van der Waals surface area contributed by atoms with Crippen molar-refractivity contribution in [2.45, 2.75) is 0 Å². The molecule has 2 aromatic rings. The lowest BCUT2D eigenvalue weighted by atomic mass is 10.1. The van der Waals surface area contributed by atoms with Crippen molar-refractivity contribution < 1.29 is 14.5 Å². The van der Waals surface area contributed by atoms with Crippen LogP contribution in [0.5, 0.6) is 0 Å². The van der Waals surface area contributed by atoms with E-state index in [1.165, 1.54) is 25.3 Å². The third kappa shape index (κ3) is 3.52. The first kappa shape index (κ1) is 16.7. The monoisotopic (exact) mass is 342 g/mol. The molecule has 8 nitrogen and oxygen atoms in total. The first-order valence-electron chi connectivity index (χ1n) is 7.88. The summed E-state index contributed by atoms with van der Waals surface area (Å²) in [6.45, 7) is 2.58.